The second kappa shape index (κ2) is 2.30. The molecule has 0 atom stereocenters. The van der Waals surface area contributed by atoms with Crippen LogP contribution in [0.5, 0.6) is 0 Å². The molecular weight excluding hydrogens is 140 g/mol. The van der Waals surface area contributed by atoms with Crippen LogP contribution in [0.1, 0.15) is 12.7 Å². The van der Waals surface area contributed by atoms with E-state index in [0.717, 1.165) is 23.4 Å². The van der Waals surface area contributed by atoms with Crippen LogP contribution in [0, 0.1) is 6.33 Å². The lowest BCUT2D eigenvalue weighted by Crippen LogP contribution is -1.91. The molecule has 0 amide bonds. The number of aryl methyl sites for hydroxylation is 1. The van der Waals surface area contributed by atoms with Crippen LogP contribution in [0.25, 0.3) is 11.2 Å². The van der Waals surface area contributed by atoms with E-state index < -0.39 is 0 Å². The summed E-state index contributed by atoms with van der Waals surface area (Å²) >= 11 is 0. The standard InChI is InChI=1S/C7H7N4/c1-2-6-8-3-5-7(11-6)10-4-9-5/h3H,2H2,1H3,(H,8,9,10,11). The highest BCUT2D eigenvalue weighted by molar-refractivity contribution is 5.67. The van der Waals surface area contributed by atoms with Gasteiger partial charge in [-0.1, -0.05) is 6.92 Å². The largest absolute Gasteiger partial charge is 0.320 e. The predicted octanol–water partition coefficient (Wildman–Crippen LogP) is 0.715. The van der Waals surface area contributed by atoms with Crippen LogP contribution >= 0.6 is 0 Å². The zero-order chi connectivity index (χ0) is 7.68. The fraction of sp³-hybridized carbons (Fsp3) is 0.286. The Bertz CT molecular complexity index is 365. The molecule has 11 heavy (non-hydrogen) atoms. The zero-order valence-corrected chi connectivity index (χ0v) is 6.13. The van der Waals surface area contributed by atoms with E-state index in [2.05, 4.69) is 26.3 Å². The summed E-state index contributed by atoms with van der Waals surface area (Å²) in [5.41, 5.74) is 1.53. The molecule has 0 aliphatic heterocycles. The molecule has 2 heterocycles. The molecule has 2 aromatic rings. The van der Waals surface area contributed by atoms with Gasteiger partial charge in [0.25, 0.3) is 0 Å². The normalized spacial score (nSPS) is 10.6. The number of hydrogen-bond donors (Lipinski definition) is 1. The van der Waals surface area contributed by atoms with Crippen LogP contribution in [0.4, 0.5) is 0 Å². The lowest BCUT2D eigenvalue weighted by Gasteiger charge is -1.91. The van der Waals surface area contributed by atoms with Crippen molar-refractivity contribution in [3.63, 3.8) is 0 Å². The molecule has 55 valence electrons. The minimum Gasteiger partial charge on any atom is -0.320 e. The molecule has 0 unspecified atom stereocenters. The maximum atomic E-state index is 4.19. The van der Waals surface area contributed by atoms with E-state index in [0.29, 0.717) is 0 Å². The van der Waals surface area contributed by atoms with Crippen LogP contribution in [-0.4, -0.2) is 19.9 Å². The molecule has 0 aliphatic carbocycles. The number of rotatable bonds is 1. The average Bonchev–Trinajstić information content (AvgIpc) is 2.50. The van der Waals surface area contributed by atoms with Crippen LogP contribution < -0.4 is 0 Å². The summed E-state index contributed by atoms with van der Waals surface area (Å²) in [6, 6.07) is 0. The van der Waals surface area contributed by atoms with Crippen LogP contribution in [0.2, 0.25) is 0 Å². The summed E-state index contributed by atoms with van der Waals surface area (Å²) in [6.45, 7) is 2.02. The number of H-pyrrole nitrogens is 1. The summed E-state index contributed by atoms with van der Waals surface area (Å²) < 4.78 is 0. The molecule has 1 radical (unpaired) electrons. The number of aromatic nitrogens is 4. The second-order valence-corrected chi connectivity index (χ2v) is 2.22. The van der Waals surface area contributed by atoms with Gasteiger partial charge in [0.15, 0.2) is 12.0 Å². The quantitative estimate of drug-likeness (QED) is 0.646. The third-order valence-corrected chi connectivity index (χ3v) is 1.49. The summed E-state index contributed by atoms with van der Waals surface area (Å²) in [5, 5.41) is 0. The molecule has 4 nitrogen and oxygen atoms in total. The van der Waals surface area contributed by atoms with Crippen molar-refractivity contribution in [2.45, 2.75) is 13.3 Å². The van der Waals surface area contributed by atoms with E-state index in [1.807, 2.05) is 6.92 Å². The van der Waals surface area contributed by atoms with Gasteiger partial charge in [-0.15, -0.1) is 0 Å². The Balaban J connectivity index is 2.67. The van der Waals surface area contributed by atoms with Gasteiger partial charge in [0.2, 0.25) is 0 Å². The fourth-order valence-electron chi connectivity index (χ4n) is 0.897. The fourth-order valence-corrected chi connectivity index (χ4v) is 0.897. The summed E-state index contributed by atoms with van der Waals surface area (Å²) in [5.74, 6) is 0.829. The van der Waals surface area contributed by atoms with E-state index in [1.165, 1.54) is 0 Å². The predicted molar refractivity (Wildman–Crippen MR) is 39.9 cm³/mol. The van der Waals surface area contributed by atoms with Crippen molar-refractivity contribution in [3.8, 4) is 0 Å². The van der Waals surface area contributed by atoms with Crippen LogP contribution in [-0.2, 0) is 6.42 Å². The molecule has 0 aliphatic rings. The third kappa shape index (κ3) is 0.960. The number of nitrogens with one attached hydrogen (secondary N) is 1. The monoisotopic (exact) mass is 147 g/mol. The van der Waals surface area contributed by atoms with Gasteiger partial charge in [0, 0.05) is 6.42 Å². The van der Waals surface area contributed by atoms with Gasteiger partial charge in [0.1, 0.15) is 11.3 Å². The zero-order valence-electron chi connectivity index (χ0n) is 6.13. The molecular formula is C7H7N4. The number of fused-ring (bicyclic) bond motifs is 1. The number of hydrogen-bond acceptors (Lipinski definition) is 3. The second-order valence-electron chi connectivity index (χ2n) is 2.22. The first kappa shape index (κ1) is 6.27. The van der Waals surface area contributed by atoms with Crippen molar-refractivity contribution in [1.29, 1.82) is 0 Å². The van der Waals surface area contributed by atoms with Gasteiger partial charge >= 0.3 is 0 Å². The lowest BCUT2D eigenvalue weighted by molar-refractivity contribution is 0.955. The van der Waals surface area contributed by atoms with E-state index in [-0.39, 0.29) is 0 Å². The molecule has 0 saturated carbocycles. The van der Waals surface area contributed by atoms with Crippen molar-refractivity contribution >= 4 is 11.2 Å². The van der Waals surface area contributed by atoms with Gasteiger partial charge in [0.05, 0.1) is 6.20 Å². The highest BCUT2D eigenvalue weighted by Crippen LogP contribution is 2.03. The molecule has 2 aromatic heterocycles. The molecule has 0 saturated heterocycles. The van der Waals surface area contributed by atoms with Crippen molar-refractivity contribution in [3.05, 3.63) is 18.3 Å². The van der Waals surface area contributed by atoms with E-state index in [9.17, 15) is 0 Å². The minimum absolute atomic E-state index is 0.761. The van der Waals surface area contributed by atoms with Crippen molar-refractivity contribution < 1.29 is 0 Å². The van der Waals surface area contributed by atoms with Gasteiger partial charge in [-0.05, 0) is 0 Å². The van der Waals surface area contributed by atoms with Crippen LogP contribution in [0.15, 0.2) is 6.20 Å². The smallest absolute Gasteiger partial charge is 0.175 e. The SMILES string of the molecule is CCc1ncc2n[c][nH]c2n1. The number of nitrogens with zero attached hydrogens (tertiary/aromatic N) is 3. The highest BCUT2D eigenvalue weighted by Gasteiger charge is 1.98. The molecule has 4 heteroatoms. The Morgan fingerprint density at radius 3 is 3.36 bits per heavy atom. The first-order valence-electron chi connectivity index (χ1n) is 3.48. The van der Waals surface area contributed by atoms with Crippen molar-refractivity contribution in [1.82, 2.24) is 19.9 Å². The average molecular weight is 147 g/mol. The molecule has 0 bridgehead atoms. The van der Waals surface area contributed by atoms with E-state index in [4.69, 9.17) is 0 Å². The highest BCUT2D eigenvalue weighted by atomic mass is 15.0. The minimum atomic E-state index is 0.761. The Hall–Kier alpha value is -1.45. The molecule has 0 spiro atoms. The van der Waals surface area contributed by atoms with Gasteiger partial charge in [-0.2, -0.15) is 0 Å². The van der Waals surface area contributed by atoms with Gasteiger partial charge < -0.3 is 4.98 Å². The lowest BCUT2D eigenvalue weighted by atomic mass is 10.4. The number of imidazole rings is 1. The summed E-state index contributed by atoms with van der Waals surface area (Å²) in [6.07, 6.45) is 5.16. The van der Waals surface area contributed by atoms with Gasteiger partial charge in [-0.3, -0.25) is 0 Å². The number of aromatic amines is 1. The topological polar surface area (TPSA) is 54.5 Å². The maximum Gasteiger partial charge on any atom is 0.175 e. The summed E-state index contributed by atoms with van der Waals surface area (Å²) in [4.78, 5) is 15.0. The molecule has 2 rings (SSSR count). The van der Waals surface area contributed by atoms with Crippen molar-refractivity contribution in [2.24, 2.45) is 0 Å². The van der Waals surface area contributed by atoms with Gasteiger partial charge in [-0.25, -0.2) is 15.0 Å². The third-order valence-electron chi connectivity index (χ3n) is 1.49. The summed E-state index contributed by atoms with van der Waals surface area (Å²) in [7, 11) is 0. The van der Waals surface area contributed by atoms with Crippen molar-refractivity contribution in [2.75, 3.05) is 0 Å². The van der Waals surface area contributed by atoms with E-state index >= 15 is 0 Å². The Morgan fingerprint density at radius 2 is 2.55 bits per heavy atom. The maximum absolute atomic E-state index is 4.19. The Morgan fingerprint density at radius 1 is 1.64 bits per heavy atom. The molecule has 0 aromatic carbocycles. The first-order chi connectivity index (χ1) is 5.40. The molecule has 0 fully saturated rings. The Labute approximate surface area is 63.7 Å². The van der Waals surface area contributed by atoms with Crippen LogP contribution in [0.3, 0.4) is 0 Å². The molecule has 1 N–H and O–H groups in total. The first-order valence-corrected chi connectivity index (χ1v) is 3.48. The Kier molecular flexibility index (Phi) is 1.31. The van der Waals surface area contributed by atoms with E-state index in [1.54, 1.807) is 6.20 Å².